The molecular formula is C15H24N2O2. The summed E-state index contributed by atoms with van der Waals surface area (Å²) in [6, 6.07) is 5.35. The molecule has 1 unspecified atom stereocenters. The van der Waals surface area contributed by atoms with Crippen molar-refractivity contribution in [1.82, 2.24) is 0 Å². The van der Waals surface area contributed by atoms with Crippen LogP contribution in [-0.4, -0.2) is 23.7 Å². The molecule has 1 rings (SSSR count). The molecule has 3 N–H and O–H groups in total. The van der Waals surface area contributed by atoms with Crippen molar-refractivity contribution < 1.29 is 9.90 Å². The van der Waals surface area contributed by atoms with Gasteiger partial charge in [-0.15, -0.1) is 0 Å². The highest BCUT2D eigenvalue weighted by atomic mass is 16.4. The van der Waals surface area contributed by atoms with Gasteiger partial charge in [0.1, 0.15) is 0 Å². The molecule has 0 saturated heterocycles. The number of hydrogen-bond donors (Lipinski definition) is 2. The van der Waals surface area contributed by atoms with E-state index in [1.54, 1.807) is 18.2 Å². The lowest BCUT2D eigenvalue weighted by atomic mass is 10.1. The van der Waals surface area contributed by atoms with Gasteiger partial charge in [-0.2, -0.15) is 0 Å². The third-order valence-corrected chi connectivity index (χ3v) is 3.46. The summed E-state index contributed by atoms with van der Waals surface area (Å²) in [4.78, 5) is 13.5. The number of nitrogens with two attached hydrogens (primary N) is 1. The number of rotatable bonds is 7. The van der Waals surface area contributed by atoms with Crippen molar-refractivity contribution in [2.24, 2.45) is 0 Å². The molecule has 4 heteroatoms. The van der Waals surface area contributed by atoms with E-state index >= 15 is 0 Å². The SMILES string of the molecule is CCCCN(c1c(N)cccc1C(=O)O)C(C)CC. The Morgan fingerprint density at radius 3 is 2.63 bits per heavy atom. The van der Waals surface area contributed by atoms with E-state index in [1.807, 2.05) is 0 Å². The van der Waals surface area contributed by atoms with Crippen LogP contribution in [0.1, 0.15) is 50.4 Å². The Hall–Kier alpha value is -1.71. The van der Waals surface area contributed by atoms with Gasteiger partial charge in [0, 0.05) is 12.6 Å². The first-order valence-corrected chi connectivity index (χ1v) is 6.91. The molecule has 0 fully saturated rings. The van der Waals surface area contributed by atoms with Gasteiger partial charge in [0.05, 0.1) is 16.9 Å². The van der Waals surface area contributed by atoms with Gasteiger partial charge in [0.25, 0.3) is 0 Å². The van der Waals surface area contributed by atoms with Gasteiger partial charge >= 0.3 is 5.97 Å². The van der Waals surface area contributed by atoms with Crippen molar-refractivity contribution >= 4 is 17.3 Å². The Labute approximate surface area is 115 Å². The van der Waals surface area contributed by atoms with E-state index in [2.05, 4.69) is 25.7 Å². The van der Waals surface area contributed by atoms with Crippen LogP contribution < -0.4 is 10.6 Å². The van der Waals surface area contributed by atoms with Gasteiger partial charge in [-0.25, -0.2) is 4.79 Å². The van der Waals surface area contributed by atoms with Crippen LogP contribution in [0.25, 0.3) is 0 Å². The minimum absolute atomic E-state index is 0.273. The predicted octanol–water partition coefficient (Wildman–Crippen LogP) is 3.37. The lowest BCUT2D eigenvalue weighted by Crippen LogP contribution is -2.35. The molecule has 1 aromatic carbocycles. The van der Waals surface area contributed by atoms with E-state index in [-0.39, 0.29) is 11.6 Å². The van der Waals surface area contributed by atoms with E-state index in [0.29, 0.717) is 11.4 Å². The van der Waals surface area contributed by atoms with Crippen LogP contribution in [0.5, 0.6) is 0 Å². The van der Waals surface area contributed by atoms with Crippen LogP contribution in [0.4, 0.5) is 11.4 Å². The van der Waals surface area contributed by atoms with E-state index in [4.69, 9.17) is 5.73 Å². The molecule has 0 heterocycles. The monoisotopic (exact) mass is 264 g/mol. The average molecular weight is 264 g/mol. The third kappa shape index (κ3) is 3.63. The second-order valence-corrected chi connectivity index (χ2v) is 4.85. The number of nitrogens with zero attached hydrogens (tertiary/aromatic N) is 1. The number of carboxylic acid groups (broad SMARTS) is 1. The summed E-state index contributed by atoms with van der Waals surface area (Å²) in [7, 11) is 0. The first kappa shape index (κ1) is 15.3. The normalized spacial score (nSPS) is 12.2. The van der Waals surface area contributed by atoms with Crippen LogP contribution in [0.3, 0.4) is 0 Å². The van der Waals surface area contributed by atoms with Crippen molar-refractivity contribution in [3.63, 3.8) is 0 Å². The number of unbranched alkanes of at least 4 members (excludes halogenated alkanes) is 1. The number of anilines is 2. The van der Waals surface area contributed by atoms with Crippen LogP contribution >= 0.6 is 0 Å². The number of benzene rings is 1. The first-order chi connectivity index (χ1) is 9.02. The molecule has 0 bridgehead atoms. The largest absolute Gasteiger partial charge is 0.478 e. The second kappa shape index (κ2) is 7.02. The highest BCUT2D eigenvalue weighted by molar-refractivity contribution is 5.98. The first-order valence-electron chi connectivity index (χ1n) is 6.91. The quantitative estimate of drug-likeness (QED) is 0.741. The van der Waals surface area contributed by atoms with E-state index < -0.39 is 5.97 Å². The molecule has 1 atom stereocenters. The molecule has 0 amide bonds. The Morgan fingerprint density at radius 2 is 2.11 bits per heavy atom. The van der Waals surface area contributed by atoms with Crippen molar-refractivity contribution in [3.8, 4) is 0 Å². The fourth-order valence-electron chi connectivity index (χ4n) is 2.16. The zero-order chi connectivity index (χ0) is 14.4. The Kier molecular flexibility index (Phi) is 5.67. The van der Waals surface area contributed by atoms with Gasteiger partial charge in [-0.05, 0) is 31.9 Å². The standard InChI is InChI=1S/C15H24N2O2/c1-4-6-10-17(11(3)5-2)14-12(15(18)19)8-7-9-13(14)16/h7-9,11H,4-6,10,16H2,1-3H3,(H,18,19). The molecule has 0 aliphatic carbocycles. The van der Waals surface area contributed by atoms with Crippen LogP contribution in [0.15, 0.2) is 18.2 Å². The summed E-state index contributed by atoms with van der Waals surface area (Å²) in [6.45, 7) is 7.16. The maximum absolute atomic E-state index is 11.4. The van der Waals surface area contributed by atoms with Crippen molar-refractivity contribution in [3.05, 3.63) is 23.8 Å². The molecule has 1 aromatic rings. The molecular weight excluding hydrogens is 240 g/mol. The number of para-hydroxylation sites is 1. The highest BCUT2D eigenvalue weighted by Gasteiger charge is 2.21. The summed E-state index contributed by atoms with van der Waals surface area (Å²) >= 11 is 0. The van der Waals surface area contributed by atoms with Gasteiger partial charge in [-0.3, -0.25) is 0 Å². The summed E-state index contributed by atoms with van der Waals surface area (Å²) < 4.78 is 0. The summed E-state index contributed by atoms with van der Waals surface area (Å²) in [5, 5.41) is 9.34. The van der Waals surface area contributed by atoms with E-state index in [9.17, 15) is 9.90 Å². The molecule has 0 aromatic heterocycles. The summed E-state index contributed by atoms with van der Waals surface area (Å²) in [5.74, 6) is -0.924. The van der Waals surface area contributed by atoms with Crippen molar-refractivity contribution in [2.75, 3.05) is 17.2 Å². The minimum atomic E-state index is -0.924. The fourth-order valence-corrected chi connectivity index (χ4v) is 2.16. The molecule has 0 aliphatic rings. The number of aromatic carboxylic acids is 1. The number of carboxylic acids is 1. The van der Waals surface area contributed by atoms with Crippen molar-refractivity contribution in [2.45, 2.75) is 46.1 Å². The predicted molar refractivity (Wildman–Crippen MR) is 79.8 cm³/mol. The van der Waals surface area contributed by atoms with Gasteiger partial charge < -0.3 is 15.7 Å². The zero-order valence-electron chi connectivity index (χ0n) is 12.0. The Balaban J connectivity index is 3.23. The van der Waals surface area contributed by atoms with Crippen LogP contribution in [0.2, 0.25) is 0 Å². The summed E-state index contributed by atoms with van der Waals surface area (Å²) in [5.41, 5.74) is 7.51. The maximum atomic E-state index is 11.4. The number of carbonyl (C=O) groups is 1. The smallest absolute Gasteiger partial charge is 0.337 e. The zero-order valence-corrected chi connectivity index (χ0v) is 12.0. The highest BCUT2D eigenvalue weighted by Crippen LogP contribution is 2.30. The topological polar surface area (TPSA) is 66.6 Å². The maximum Gasteiger partial charge on any atom is 0.337 e. The molecule has 0 saturated carbocycles. The fraction of sp³-hybridized carbons (Fsp3) is 0.533. The lowest BCUT2D eigenvalue weighted by Gasteiger charge is -2.32. The Morgan fingerprint density at radius 1 is 1.42 bits per heavy atom. The third-order valence-electron chi connectivity index (χ3n) is 3.46. The average Bonchev–Trinajstić information content (AvgIpc) is 2.39. The lowest BCUT2D eigenvalue weighted by molar-refractivity contribution is 0.0697. The van der Waals surface area contributed by atoms with Gasteiger partial charge in [-0.1, -0.05) is 26.3 Å². The van der Waals surface area contributed by atoms with E-state index in [1.165, 1.54) is 0 Å². The van der Waals surface area contributed by atoms with E-state index in [0.717, 1.165) is 25.8 Å². The number of hydrogen-bond acceptors (Lipinski definition) is 3. The van der Waals surface area contributed by atoms with Gasteiger partial charge in [0.2, 0.25) is 0 Å². The summed E-state index contributed by atoms with van der Waals surface area (Å²) in [6.07, 6.45) is 3.05. The second-order valence-electron chi connectivity index (χ2n) is 4.85. The molecule has 0 radical (unpaired) electrons. The molecule has 19 heavy (non-hydrogen) atoms. The molecule has 106 valence electrons. The molecule has 0 aliphatic heterocycles. The van der Waals surface area contributed by atoms with Gasteiger partial charge in [0.15, 0.2) is 0 Å². The number of nitrogen functional groups attached to an aromatic ring is 1. The minimum Gasteiger partial charge on any atom is -0.478 e. The van der Waals surface area contributed by atoms with Crippen molar-refractivity contribution in [1.29, 1.82) is 0 Å². The molecule has 0 spiro atoms. The van der Waals surface area contributed by atoms with Crippen LogP contribution in [-0.2, 0) is 0 Å². The van der Waals surface area contributed by atoms with Crippen LogP contribution in [0, 0.1) is 0 Å². The molecule has 4 nitrogen and oxygen atoms in total. The Bertz CT molecular complexity index is 432.